The fraction of sp³-hybridized carbons (Fsp3) is 0.150. The van der Waals surface area contributed by atoms with Gasteiger partial charge < -0.3 is 4.42 Å². The number of oxazole rings is 1. The Labute approximate surface area is 163 Å². The van der Waals surface area contributed by atoms with Gasteiger partial charge in [-0.05, 0) is 47.9 Å². The van der Waals surface area contributed by atoms with Gasteiger partial charge in [-0.3, -0.25) is 5.32 Å². The number of rotatable bonds is 4. The SMILES string of the molecule is CC(C)c1ccc2oc(Nc3nc4scc(-c5ccc(F)cc5)n4n3)nc2c1. The van der Waals surface area contributed by atoms with Crippen LogP contribution in [0.25, 0.3) is 27.3 Å². The summed E-state index contributed by atoms with van der Waals surface area (Å²) >= 11 is 1.46. The molecule has 2 aromatic carbocycles. The Kier molecular flexibility index (Phi) is 3.87. The van der Waals surface area contributed by atoms with E-state index in [0.717, 1.165) is 21.7 Å². The number of hydrogen-bond donors (Lipinski definition) is 1. The maximum Gasteiger partial charge on any atom is 0.302 e. The van der Waals surface area contributed by atoms with E-state index in [1.165, 1.54) is 29.0 Å². The second kappa shape index (κ2) is 6.42. The molecule has 3 aromatic heterocycles. The molecular weight excluding hydrogens is 377 g/mol. The third-order valence-corrected chi connectivity index (χ3v) is 5.33. The number of anilines is 2. The zero-order chi connectivity index (χ0) is 19.3. The molecule has 5 rings (SSSR count). The van der Waals surface area contributed by atoms with E-state index in [2.05, 4.69) is 34.2 Å². The van der Waals surface area contributed by atoms with E-state index < -0.39 is 0 Å². The summed E-state index contributed by atoms with van der Waals surface area (Å²) < 4.78 is 20.7. The van der Waals surface area contributed by atoms with Gasteiger partial charge in [-0.15, -0.1) is 16.4 Å². The Bertz CT molecular complexity index is 1290. The Morgan fingerprint density at radius 3 is 2.71 bits per heavy atom. The Balaban J connectivity index is 1.47. The first kappa shape index (κ1) is 16.9. The minimum Gasteiger partial charge on any atom is -0.423 e. The lowest BCUT2D eigenvalue weighted by Gasteiger charge is -2.02. The van der Waals surface area contributed by atoms with Crippen LogP contribution in [0.2, 0.25) is 0 Å². The molecule has 28 heavy (non-hydrogen) atoms. The molecule has 5 aromatic rings. The molecule has 8 heteroatoms. The second-order valence-corrected chi connectivity index (χ2v) is 7.62. The maximum absolute atomic E-state index is 13.2. The van der Waals surface area contributed by atoms with E-state index in [9.17, 15) is 4.39 Å². The van der Waals surface area contributed by atoms with Crippen LogP contribution in [0.15, 0.2) is 52.3 Å². The minimum absolute atomic E-state index is 0.271. The van der Waals surface area contributed by atoms with Crippen LogP contribution in [0.1, 0.15) is 25.3 Å². The summed E-state index contributed by atoms with van der Waals surface area (Å²) in [6.45, 7) is 4.28. The van der Waals surface area contributed by atoms with Crippen LogP contribution in [0.3, 0.4) is 0 Å². The molecular formula is C20H16FN5OS. The van der Waals surface area contributed by atoms with E-state index in [1.54, 1.807) is 16.6 Å². The highest BCUT2D eigenvalue weighted by molar-refractivity contribution is 7.15. The highest BCUT2D eigenvalue weighted by atomic mass is 32.1. The Hall–Kier alpha value is -3.26. The first-order valence-electron chi connectivity index (χ1n) is 8.84. The fourth-order valence-corrected chi connectivity index (χ4v) is 3.84. The van der Waals surface area contributed by atoms with Crippen molar-refractivity contribution in [3.05, 3.63) is 59.2 Å². The average molecular weight is 393 g/mol. The molecule has 0 bridgehead atoms. The number of hydrogen-bond acceptors (Lipinski definition) is 6. The largest absolute Gasteiger partial charge is 0.423 e. The van der Waals surface area contributed by atoms with Gasteiger partial charge in [-0.2, -0.15) is 9.97 Å². The third kappa shape index (κ3) is 2.91. The van der Waals surface area contributed by atoms with Crippen LogP contribution in [0, 0.1) is 5.82 Å². The summed E-state index contributed by atoms with van der Waals surface area (Å²) in [5.41, 5.74) is 4.42. The van der Waals surface area contributed by atoms with Gasteiger partial charge in [-0.1, -0.05) is 19.9 Å². The monoisotopic (exact) mass is 393 g/mol. The van der Waals surface area contributed by atoms with Crippen molar-refractivity contribution >= 4 is 39.4 Å². The summed E-state index contributed by atoms with van der Waals surface area (Å²) in [6.07, 6.45) is 0. The smallest absolute Gasteiger partial charge is 0.302 e. The molecule has 0 unspecified atom stereocenters. The van der Waals surface area contributed by atoms with E-state index in [4.69, 9.17) is 4.42 Å². The molecule has 0 amide bonds. The van der Waals surface area contributed by atoms with Crippen molar-refractivity contribution in [2.75, 3.05) is 5.32 Å². The third-order valence-electron chi connectivity index (χ3n) is 4.52. The molecule has 0 aliphatic heterocycles. The van der Waals surface area contributed by atoms with Gasteiger partial charge in [-0.25, -0.2) is 8.91 Å². The van der Waals surface area contributed by atoms with E-state index in [0.29, 0.717) is 23.5 Å². The van der Waals surface area contributed by atoms with Crippen LogP contribution in [-0.4, -0.2) is 19.6 Å². The molecule has 0 saturated heterocycles. The minimum atomic E-state index is -0.271. The topological polar surface area (TPSA) is 68.2 Å². The van der Waals surface area contributed by atoms with Crippen LogP contribution in [-0.2, 0) is 0 Å². The number of nitrogens with zero attached hydrogens (tertiary/aromatic N) is 4. The molecule has 0 aliphatic carbocycles. The predicted octanol–water partition coefficient (Wildman–Crippen LogP) is 5.61. The van der Waals surface area contributed by atoms with E-state index in [-0.39, 0.29) is 5.82 Å². The number of fused-ring (bicyclic) bond motifs is 2. The molecule has 0 saturated carbocycles. The lowest BCUT2D eigenvalue weighted by molar-refractivity contribution is 0.621. The normalized spacial score (nSPS) is 11.7. The lowest BCUT2D eigenvalue weighted by Crippen LogP contribution is -1.94. The van der Waals surface area contributed by atoms with Crippen molar-refractivity contribution in [2.45, 2.75) is 19.8 Å². The quantitative estimate of drug-likeness (QED) is 0.430. The van der Waals surface area contributed by atoms with Crippen molar-refractivity contribution in [1.82, 2.24) is 19.6 Å². The van der Waals surface area contributed by atoms with Crippen LogP contribution in [0.5, 0.6) is 0 Å². The Morgan fingerprint density at radius 2 is 1.93 bits per heavy atom. The van der Waals surface area contributed by atoms with Gasteiger partial charge in [0.25, 0.3) is 5.95 Å². The summed E-state index contributed by atoms with van der Waals surface area (Å²) in [6, 6.07) is 12.6. The highest BCUT2D eigenvalue weighted by Gasteiger charge is 2.14. The molecule has 6 nitrogen and oxygen atoms in total. The Morgan fingerprint density at radius 1 is 1.11 bits per heavy atom. The van der Waals surface area contributed by atoms with Gasteiger partial charge >= 0.3 is 6.01 Å². The standard InChI is InChI=1S/C20H16FN5OS/c1-11(2)13-5-8-17-15(9-13)22-19(27-17)23-18-24-20-26(25-18)16(10-28-20)12-3-6-14(21)7-4-12/h3-11H,1-2H3,(H,22,23,25). The van der Waals surface area contributed by atoms with Crippen molar-refractivity contribution in [3.63, 3.8) is 0 Å². The van der Waals surface area contributed by atoms with Gasteiger partial charge in [0.15, 0.2) is 5.58 Å². The van der Waals surface area contributed by atoms with Crippen LogP contribution in [0.4, 0.5) is 16.4 Å². The van der Waals surface area contributed by atoms with Gasteiger partial charge in [0.05, 0.1) is 5.69 Å². The highest BCUT2D eigenvalue weighted by Crippen LogP contribution is 2.28. The van der Waals surface area contributed by atoms with Crippen molar-refractivity contribution in [2.24, 2.45) is 0 Å². The number of aromatic nitrogens is 4. The van der Waals surface area contributed by atoms with E-state index in [1.807, 2.05) is 23.6 Å². The lowest BCUT2D eigenvalue weighted by atomic mass is 10.0. The molecule has 0 atom stereocenters. The molecule has 0 spiro atoms. The number of halogens is 1. The molecule has 0 aliphatic rings. The van der Waals surface area contributed by atoms with Crippen LogP contribution >= 0.6 is 11.3 Å². The number of nitrogens with one attached hydrogen (secondary N) is 1. The zero-order valence-corrected chi connectivity index (χ0v) is 16.0. The average Bonchev–Trinajstić information content (AvgIpc) is 3.35. The van der Waals surface area contributed by atoms with Gasteiger partial charge in [0.1, 0.15) is 11.3 Å². The molecule has 1 N–H and O–H groups in total. The number of benzene rings is 2. The molecule has 0 fully saturated rings. The van der Waals surface area contributed by atoms with Crippen LogP contribution < -0.4 is 5.32 Å². The summed E-state index contributed by atoms with van der Waals surface area (Å²) in [5, 5.41) is 9.47. The first-order chi connectivity index (χ1) is 13.6. The number of thiazole rings is 1. The first-order valence-corrected chi connectivity index (χ1v) is 9.72. The predicted molar refractivity (Wildman–Crippen MR) is 108 cm³/mol. The summed E-state index contributed by atoms with van der Waals surface area (Å²) in [4.78, 5) is 9.69. The van der Waals surface area contributed by atoms with E-state index >= 15 is 0 Å². The second-order valence-electron chi connectivity index (χ2n) is 6.78. The van der Waals surface area contributed by atoms with Crippen molar-refractivity contribution in [1.29, 1.82) is 0 Å². The van der Waals surface area contributed by atoms with Crippen molar-refractivity contribution in [3.8, 4) is 11.3 Å². The van der Waals surface area contributed by atoms with Gasteiger partial charge in [0.2, 0.25) is 4.96 Å². The maximum atomic E-state index is 13.2. The van der Waals surface area contributed by atoms with Gasteiger partial charge in [0, 0.05) is 10.9 Å². The zero-order valence-electron chi connectivity index (χ0n) is 15.2. The fourth-order valence-electron chi connectivity index (χ4n) is 3.01. The van der Waals surface area contributed by atoms with Crippen molar-refractivity contribution < 1.29 is 8.81 Å². The molecule has 0 radical (unpaired) electrons. The molecule has 140 valence electrons. The summed E-state index contributed by atoms with van der Waals surface area (Å²) in [7, 11) is 0. The molecule has 3 heterocycles. The summed E-state index contributed by atoms with van der Waals surface area (Å²) in [5.74, 6) is 0.544.